The van der Waals surface area contributed by atoms with E-state index in [4.69, 9.17) is 4.98 Å². The smallest absolute Gasteiger partial charge is 0.186 e. The van der Waals surface area contributed by atoms with Gasteiger partial charge < -0.3 is 4.90 Å². The first-order chi connectivity index (χ1) is 9.26. The van der Waals surface area contributed by atoms with E-state index in [0.29, 0.717) is 11.8 Å². The summed E-state index contributed by atoms with van der Waals surface area (Å²) in [7, 11) is 0. The largest absolute Gasteiger partial charge is 0.348 e. The van der Waals surface area contributed by atoms with Crippen molar-refractivity contribution in [2.75, 3.05) is 18.0 Å². The molecule has 0 amide bonds. The van der Waals surface area contributed by atoms with Gasteiger partial charge in [0.1, 0.15) is 0 Å². The number of carbonyl (C=O) groups excluding carboxylic acids is 1. The summed E-state index contributed by atoms with van der Waals surface area (Å²) in [6.45, 7) is 11.1. The van der Waals surface area contributed by atoms with Gasteiger partial charge in [-0.1, -0.05) is 39.0 Å². The highest BCUT2D eigenvalue weighted by Crippen LogP contribution is 2.40. The third-order valence-corrected chi connectivity index (χ3v) is 5.59. The molecule has 1 aliphatic heterocycles. The van der Waals surface area contributed by atoms with Crippen molar-refractivity contribution in [3.05, 3.63) is 10.6 Å². The number of nitrogens with zero attached hydrogens (tertiary/aromatic N) is 2. The van der Waals surface area contributed by atoms with Crippen molar-refractivity contribution < 1.29 is 4.79 Å². The second-order valence-electron chi connectivity index (χ2n) is 7.90. The number of hydrogen-bond donors (Lipinski definition) is 0. The Labute approximate surface area is 125 Å². The third-order valence-electron chi connectivity index (χ3n) is 4.40. The molecule has 1 aromatic heterocycles. The van der Waals surface area contributed by atoms with Crippen LogP contribution in [-0.4, -0.2) is 23.9 Å². The number of carbonyl (C=O) groups is 1. The van der Waals surface area contributed by atoms with Crippen molar-refractivity contribution >= 4 is 22.3 Å². The maximum Gasteiger partial charge on any atom is 0.186 e. The number of hydrogen-bond acceptors (Lipinski definition) is 4. The van der Waals surface area contributed by atoms with Crippen LogP contribution in [0.4, 0.5) is 5.13 Å². The summed E-state index contributed by atoms with van der Waals surface area (Å²) >= 11 is 1.62. The van der Waals surface area contributed by atoms with E-state index in [0.717, 1.165) is 35.2 Å². The van der Waals surface area contributed by atoms with Crippen LogP contribution in [0.15, 0.2) is 0 Å². The van der Waals surface area contributed by atoms with Crippen molar-refractivity contribution in [3.8, 4) is 0 Å². The Kier molecular flexibility index (Phi) is 3.20. The van der Waals surface area contributed by atoms with E-state index < -0.39 is 0 Å². The summed E-state index contributed by atoms with van der Waals surface area (Å²) in [6, 6.07) is 0. The van der Waals surface area contributed by atoms with Crippen LogP contribution in [0.3, 0.4) is 0 Å². The quantitative estimate of drug-likeness (QED) is 0.786. The lowest BCUT2D eigenvalue weighted by atomic mass is 9.78. The molecule has 3 rings (SSSR count). The van der Waals surface area contributed by atoms with Crippen LogP contribution in [-0.2, 0) is 6.42 Å². The summed E-state index contributed by atoms with van der Waals surface area (Å²) in [5, 5.41) is 1.06. The second-order valence-corrected chi connectivity index (χ2v) is 8.88. The highest BCUT2D eigenvalue weighted by atomic mass is 32.1. The lowest BCUT2D eigenvalue weighted by Gasteiger charge is -2.37. The zero-order valence-electron chi connectivity index (χ0n) is 13.0. The summed E-state index contributed by atoms with van der Waals surface area (Å²) in [4.78, 5) is 20.4. The summed E-state index contributed by atoms with van der Waals surface area (Å²) in [6.07, 6.45) is 4.09. The maximum absolute atomic E-state index is 12.3. The van der Waals surface area contributed by atoms with Crippen molar-refractivity contribution in [1.29, 1.82) is 0 Å². The van der Waals surface area contributed by atoms with Crippen LogP contribution in [0.1, 0.15) is 62.3 Å². The summed E-state index contributed by atoms with van der Waals surface area (Å²) in [5.41, 5.74) is 1.46. The van der Waals surface area contributed by atoms with Gasteiger partial charge in [0.15, 0.2) is 10.9 Å². The highest BCUT2D eigenvalue weighted by molar-refractivity contribution is 7.17. The molecule has 0 aromatic carbocycles. The monoisotopic (exact) mass is 292 g/mol. The van der Waals surface area contributed by atoms with E-state index in [1.165, 1.54) is 12.8 Å². The molecule has 3 nitrogen and oxygen atoms in total. The molecule has 2 aliphatic rings. The van der Waals surface area contributed by atoms with Crippen molar-refractivity contribution in [1.82, 2.24) is 4.98 Å². The first kappa shape index (κ1) is 14.1. The molecule has 0 atom stereocenters. The number of ketones is 1. The molecular weight excluding hydrogens is 268 g/mol. The molecule has 1 fully saturated rings. The van der Waals surface area contributed by atoms with Gasteiger partial charge in [0.05, 0.1) is 10.6 Å². The van der Waals surface area contributed by atoms with Crippen molar-refractivity contribution in [2.45, 2.75) is 53.4 Å². The molecule has 4 heteroatoms. The fourth-order valence-corrected chi connectivity index (χ4v) is 4.47. The molecule has 2 heterocycles. The van der Waals surface area contributed by atoms with E-state index in [9.17, 15) is 4.79 Å². The number of piperidine rings is 1. The van der Waals surface area contributed by atoms with Crippen LogP contribution in [0.25, 0.3) is 0 Å². The number of fused-ring (bicyclic) bond motifs is 1. The molecule has 1 aliphatic carbocycles. The first-order valence-corrected chi connectivity index (χ1v) is 8.35. The first-order valence-electron chi connectivity index (χ1n) is 7.54. The Bertz CT molecular complexity index is 545. The Morgan fingerprint density at radius 2 is 1.90 bits per heavy atom. The molecule has 0 unspecified atom stereocenters. The summed E-state index contributed by atoms with van der Waals surface area (Å²) < 4.78 is 0. The van der Waals surface area contributed by atoms with Crippen LogP contribution in [0.2, 0.25) is 0 Å². The minimum absolute atomic E-state index is 0.0661. The number of Topliss-reactive ketones (excluding diaryl/α,β-unsaturated/α-hetero) is 1. The molecular formula is C16H24N2OS. The molecule has 0 bridgehead atoms. The third kappa shape index (κ3) is 2.62. The average Bonchev–Trinajstić information content (AvgIpc) is 2.70. The zero-order valence-corrected chi connectivity index (χ0v) is 13.8. The van der Waals surface area contributed by atoms with Gasteiger partial charge in [-0.05, 0) is 30.1 Å². The molecule has 0 N–H and O–H groups in total. The Balaban J connectivity index is 1.88. The van der Waals surface area contributed by atoms with Gasteiger partial charge in [0.25, 0.3) is 0 Å². The Morgan fingerprint density at radius 1 is 1.15 bits per heavy atom. The van der Waals surface area contributed by atoms with E-state index in [1.54, 1.807) is 11.3 Å². The van der Waals surface area contributed by atoms with Crippen LogP contribution >= 0.6 is 11.3 Å². The molecule has 1 aromatic rings. The van der Waals surface area contributed by atoms with Crippen molar-refractivity contribution in [3.63, 3.8) is 0 Å². The molecule has 110 valence electrons. The number of thiazole rings is 1. The number of rotatable bonds is 1. The van der Waals surface area contributed by atoms with Gasteiger partial charge >= 0.3 is 0 Å². The Morgan fingerprint density at radius 3 is 2.60 bits per heavy atom. The van der Waals surface area contributed by atoms with Gasteiger partial charge in [0, 0.05) is 19.5 Å². The fraction of sp³-hybridized carbons (Fsp3) is 0.750. The minimum Gasteiger partial charge on any atom is -0.348 e. The lowest BCUT2D eigenvalue weighted by Crippen LogP contribution is -2.40. The summed E-state index contributed by atoms with van der Waals surface area (Å²) in [5.74, 6) is 0.288. The topological polar surface area (TPSA) is 33.2 Å². The van der Waals surface area contributed by atoms with Crippen LogP contribution in [0.5, 0.6) is 0 Å². The standard InChI is InChI=1S/C16H24N2OS/c1-15(2)6-5-7-18(10-15)14-17-11-8-16(3,4)9-12(19)13(11)20-14/h5-10H2,1-4H3. The van der Waals surface area contributed by atoms with E-state index in [-0.39, 0.29) is 11.2 Å². The maximum atomic E-state index is 12.3. The second kappa shape index (κ2) is 4.55. The van der Waals surface area contributed by atoms with Crippen LogP contribution in [0, 0.1) is 10.8 Å². The van der Waals surface area contributed by atoms with Crippen molar-refractivity contribution in [2.24, 2.45) is 10.8 Å². The molecule has 0 radical (unpaired) electrons. The Hall–Kier alpha value is -0.900. The van der Waals surface area contributed by atoms with Gasteiger partial charge in [-0.25, -0.2) is 4.98 Å². The molecule has 1 saturated heterocycles. The highest BCUT2D eigenvalue weighted by Gasteiger charge is 2.35. The van der Waals surface area contributed by atoms with Gasteiger partial charge in [-0.2, -0.15) is 0 Å². The SMILES string of the molecule is CC1(C)CC(=O)c2sc(N3CCCC(C)(C)C3)nc2C1. The predicted molar refractivity (Wildman–Crippen MR) is 83.8 cm³/mol. The molecule has 0 spiro atoms. The van der Waals surface area contributed by atoms with Gasteiger partial charge in [-0.15, -0.1) is 0 Å². The zero-order chi connectivity index (χ0) is 14.5. The van der Waals surface area contributed by atoms with E-state index in [2.05, 4.69) is 32.6 Å². The van der Waals surface area contributed by atoms with Gasteiger partial charge in [0.2, 0.25) is 0 Å². The molecule has 0 saturated carbocycles. The van der Waals surface area contributed by atoms with E-state index >= 15 is 0 Å². The molecule has 20 heavy (non-hydrogen) atoms. The average molecular weight is 292 g/mol. The number of aromatic nitrogens is 1. The normalized spacial score (nSPS) is 24.6. The van der Waals surface area contributed by atoms with Crippen LogP contribution < -0.4 is 4.90 Å². The number of anilines is 1. The predicted octanol–water partition coefficient (Wildman–Crippen LogP) is 3.92. The van der Waals surface area contributed by atoms with Gasteiger partial charge in [-0.3, -0.25) is 4.79 Å². The van der Waals surface area contributed by atoms with E-state index in [1.807, 2.05) is 0 Å². The minimum atomic E-state index is 0.0661. The fourth-order valence-electron chi connectivity index (χ4n) is 3.43. The lowest BCUT2D eigenvalue weighted by molar-refractivity contribution is 0.0916.